The number of rotatable bonds is 7. The minimum Gasteiger partial charge on any atom is -0.377 e. The smallest absolute Gasteiger partial charge is 0.0626 e. The third kappa shape index (κ3) is 3.06. The largest absolute Gasteiger partial charge is 0.377 e. The molecule has 2 nitrogen and oxygen atoms in total. The van der Waals surface area contributed by atoms with Crippen LogP contribution in [0, 0.1) is 29.6 Å². The van der Waals surface area contributed by atoms with E-state index in [1.807, 2.05) is 0 Å². The van der Waals surface area contributed by atoms with Crippen LogP contribution in [0.25, 0.3) is 0 Å². The topological polar surface area (TPSA) is 21.3 Å². The van der Waals surface area contributed by atoms with Crippen LogP contribution in [0.5, 0.6) is 0 Å². The van der Waals surface area contributed by atoms with Crippen LogP contribution in [0.4, 0.5) is 0 Å². The van der Waals surface area contributed by atoms with Gasteiger partial charge in [0.05, 0.1) is 12.7 Å². The molecule has 4 aliphatic carbocycles. The van der Waals surface area contributed by atoms with Crippen molar-refractivity contribution in [1.29, 1.82) is 0 Å². The lowest BCUT2D eigenvalue weighted by Crippen LogP contribution is -2.54. The van der Waals surface area contributed by atoms with Gasteiger partial charge < -0.3 is 10.1 Å². The van der Waals surface area contributed by atoms with Gasteiger partial charge in [0.25, 0.3) is 0 Å². The van der Waals surface area contributed by atoms with Gasteiger partial charge in [-0.15, -0.1) is 0 Å². The Labute approximate surface area is 125 Å². The Kier molecular flexibility index (Phi) is 4.72. The van der Waals surface area contributed by atoms with Crippen LogP contribution < -0.4 is 5.32 Å². The third-order valence-corrected chi connectivity index (χ3v) is 6.03. The van der Waals surface area contributed by atoms with E-state index in [0.717, 1.165) is 42.7 Å². The number of hydrogen-bond donors (Lipinski definition) is 1. The second-order valence-corrected chi connectivity index (χ2v) is 7.95. The third-order valence-electron chi connectivity index (χ3n) is 6.03. The Morgan fingerprint density at radius 2 is 1.60 bits per heavy atom. The van der Waals surface area contributed by atoms with Gasteiger partial charge in [0, 0.05) is 6.04 Å². The SMILES string of the molecule is CCCNC(COC(C)C)C1C2CC3CC(C2)CC1C3. The van der Waals surface area contributed by atoms with E-state index in [1.165, 1.54) is 32.1 Å². The summed E-state index contributed by atoms with van der Waals surface area (Å²) in [6.07, 6.45) is 9.21. The minimum absolute atomic E-state index is 0.359. The van der Waals surface area contributed by atoms with Gasteiger partial charge in [-0.3, -0.25) is 0 Å². The molecule has 0 aliphatic heterocycles. The summed E-state index contributed by atoms with van der Waals surface area (Å²) in [6, 6.07) is 0.604. The first kappa shape index (κ1) is 14.8. The van der Waals surface area contributed by atoms with Crippen molar-refractivity contribution in [3.8, 4) is 0 Å². The normalized spacial score (nSPS) is 40.5. The molecule has 2 heteroatoms. The van der Waals surface area contributed by atoms with E-state index in [-0.39, 0.29) is 0 Å². The molecule has 0 spiro atoms. The maximum absolute atomic E-state index is 6.00. The van der Waals surface area contributed by atoms with Gasteiger partial charge in [0.1, 0.15) is 0 Å². The van der Waals surface area contributed by atoms with Crippen molar-refractivity contribution >= 4 is 0 Å². The van der Waals surface area contributed by atoms with E-state index in [4.69, 9.17) is 4.74 Å². The van der Waals surface area contributed by atoms with Crippen LogP contribution in [-0.4, -0.2) is 25.3 Å². The number of nitrogens with one attached hydrogen (secondary N) is 1. The Balaban J connectivity index is 1.66. The molecule has 0 aromatic rings. The van der Waals surface area contributed by atoms with E-state index in [0.29, 0.717) is 12.1 Å². The number of ether oxygens (including phenoxy) is 1. The average Bonchev–Trinajstić information content (AvgIpc) is 2.39. The molecule has 0 aromatic heterocycles. The molecule has 4 rings (SSSR count). The molecular weight excluding hydrogens is 246 g/mol. The standard InChI is InChI=1S/C18H33NO/c1-4-5-19-17(11-20-12(2)3)18-15-7-13-6-14(9-15)10-16(18)8-13/h12-19H,4-11H2,1-3H3. The monoisotopic (exact) mass is 279 g/mol. The summed E-state index contributed by atoms with van der Waals surface area (Å²) in [7, 11) is 0. The maximum Gasteiger partial charge on any atom is 0.0626 e. The van der Waals surface area contributed by atoms with Crippen LogP contribution in [0.15, 0.2) is 0 Å². The van der Waals surface area contributed by atoms with E-state index in [2.05, 4.69) is 26.1 Å². The fourth-order valence-corrected chi connectivity index (χ4v) is 5.56. The molecule has 4 aliphatic rings. The summed E-state index contributed by atoms with van der Waals surface area (Å²) in [5.74, 6) is 5.04. The highest BCUT2D eigenvalue weighted by Gasteiger charge is 2.50. The van der Waals surface area contributed by atoms with Gasteiger partial charge in [0.2, 0.25) is 0 Å². The van der Waals surface area contributed by atoms with Gasteiger partial charge in [-0.2, -0.15) is 0 Å². The predicted octanol–water partition coefficient (Wildman–Crippen LogP) is 3.85. The van der Waals surface area contributed by atoms with Crippen LogP contribution in [0.1, 0.15) is 59.3 Å². The van der Waals surface area contributed by atoms with Crippen LogP contribution in [0.2, 0.25) is 0 Å². The van der Waals surface area contributed by atoms with Gasteiger partial charge in [-0.25, -0.2) is 0 Å². The molecule has 20 heavy (non-hydrogen) atoms. The predicted molar refractivity (Wildman–Crippen MR) is 83.7 cm³/mol. The molecule has 1 unspecified atom stereocenters. The summed E-state index contributed by atoms with van der Waals surface area (Å²) in [5.41, 5.74) is 0. The molecule has 0 heterocycles. The fraction of sp³-hybridized carbons (Fsp3) is 1.00. The zero-order valence-corrected chi connectivity index (χ0v) is 13.6. The van der Waals surface area contributed by atoms with Crippen molar-refractivity contribution in [3.05, 3.63) is 0 Å². The average molecular weight is 279 g/mol. The quantitative estimate of drug-likeness (QED) is 0.764. The van der Waals surface area contributed by atoms with Gasteiger partial charge in [-0.05, 0) is 88.5 Å². The maximum atomic E-state index is 6.00. The molecule has 0 amide bonds. The Hall–Kier alpha value is -0.0800. The Morgan fingerprint density at radius 3 is 2.10 bits per heavy atom. The van der Waals surface area contributed by atoms with E-state index >= 15 is 0 Å². The van der Waals surface area contributed by atoms with Crippen molar-refractivity contribution in [2.75, 3.05) is 13.2 Å². The number of hydrogen-bond acceptors (Lipinski definition) is 2. The first-order valence-electron chi connectivity index (χ1n) is 9.02. The molecule has 4 bridgehead atoms. The summed E-state index contributed by atoms with van der Waals surface area (Å²) in [6.45, 7) is 8.66. The first-order valence-corrected chi connectivity index (χ1v) is 9.02. The van der Waals surface area contributed by atoms with E-state index < -0.39 is 0 Å². The summed E-state index contributed by atoms with van der Waals surface area (Å²) in [5, 5.41) is 3.83. The van der Waals surface area contributed by atoms with Crippen molar-refractivity contribution in [2.45, 2.75) is 71.4 Å². The van der Waals surface area contributed by atoms with Crippen molar-refractivity contribution in [2.24, 2.45) is 29.6 Å². The first-order chi connectivity index (χ1) is 9.67. The van der Waals surface area contributed by atoms with Gasteiger partial charge in [-0.1, -0.05) is 6.92 Å². The molecule has 0 aromatic carbocycles. The lowest BCUT2D eigenvalue weighted by molar-refractivity contribution is -0.0694. The van der Waals surface area contributed by atoms with E-state index in [9.17, 15) is 0 Å². The minimum atomic E-state index is 0.359. The molecule has 1 N–H and O–H groups in total. The second kappa shape index (κ2) is 6.36. The molecular formula is C18H33NO. The lowest BCUT2D eigenvalue weighted by atomic mass is 9.50. The lowest BCUT2D eigenvalue weighted by Gasteiger charge is -2.56. The molecule has 4 saturated carbocycles. The second-order valence-electron chi connectivity index (χ2n) is 7.95. The fourth-order valence-electron chi connectivity index (χ4n) is 5.56. The van der Waals surface area contributed by atoms with Gasteiger partial charge >= 0.3 is 0 Å². The van der Waals surface area contributed by atoms with E-state index in [1.54, 1.807) is 6.42 Å². The zero-order chi connectivity index (χ0) is 14.1. The van der Waals surface area contributed by atoms with Crippen molar-refractivity contribution in [1.82, 2.24) is 5.32 Å². The molecule has 116 valence electrons. The van der Waals surface area contributed by atoms with Crippen LogP contribution in [-0.2, 0) is 4.74 Å². The summed E-state index contributed by atoms with van der Waals surface area (Å²) in [4.78, 5) is 0. The summed E-state index contributed by atoms with van der Waals surface area (Å²) >= 11 is 0. The summed E-state index contributed by atoms with van der Waals surface area (Å²) < 4.78 is 6.00. The molecule has 0 radical (unpaired) electrons. The molecule has 4 fully saturated rings. The highest BCUT2D eigenvalue weighted by Crippen LogP contribution is 2.57. The zero-order valence-electron chi connectivity index (χ0n) is 13.6. The van der Waals surface area contributed by atoms with Crippen LogP contribution in [0.3, 0.4) is 0 Å². The molecule has 0 saturated heterocycles. The molecule has 1 atom stereocenters. The van der Waals surface area contributed by atoms with Crippen molar-refractivity contribution < 1.29 is 4.74 Å². The van der Waals surface area contributed by atoms with Crippen molar-refractivity contribution in [3.63, 3.8) is 0 Å². The highest BCUT2D eigenvalue weighted by molar-refractivity contribution is 5.01. The Morgan fingerprint density at radius 1 is 1.00 bits per heavy atom. The van der Waals surface area contributed by atoms with Crippen LogP contribution >= 0.6 is 0 Å². The highest BCUT2D eigenvalue weighted by atomic mass is 16.5. The Bertz CT molecular complexity index is 287. The van der Waals surface area contributed by atoms with Gasteiger partial charge in [0.15, 0.2) is 0 Å².